The van der Waals surface area contributed by atoms with Crippen LogP contribution >= 0.6 is 0 Å². The van der Waals surface area contributed by atoms with Gasteiger partial charge in [-0.2, -0.15) is 0 Å². The fourth-order valence-corrected chi connectivity index (χ4v) is 5.60. The Labute approximate surface area is 204 Å². The number of para-hydroxylation sites is 1. The summed E-state index contributed by atoms with van der Waals surface area (Å²) in [6.07, 6.45) is 0. The molecule has 0 fully saturated rings. The zero-order valence-corrected chi connectivity index (χ0v) is 19.8. The Bertz CT molecular complexity index is 1740. The van der Waals surface area contributed by atoms with E-state index in [9.17, 15) is 0 Å². The quantitative estimate of drug-likeness (QED) is 0.290. The van der Waals surface area contributed by atoms with Crippen molar-refractivity contribution in [3.05, 3.63) is 120 Å². The third-order valence-electron chi connectivity index (χ3n) is 7.47. The van der Waals surface area contributed by atoms with Crippen LogP contribution in [0.2, 0.25) is 0 Å². The number of fused-ring (bicyclic) bond motifs is 6. The minimum atomic E-state index is 0.00335. The molecule has 0 radical (unpaired) electrons. The average molecular weight is 452 g/mol. The molecular formula is C33H25NO. The van der Waals surface area contributed by atoms with Crippen molar-refractivity contribution < 1.29 is 4.42 Å². The summed E-state index contributed by atoms with van der Waals surface area (Å²) < 4.78 is 5.99. The summed E-state index contributed by atoms with van der Waals surface area (Å²) in [5.74, 6) is 0. The maximum Gasteiger partial charge on any atom is 0.135 e. The first kappa shape index (κ1) is 20.1. The van der Waals surface area contributed by atoms with Crippen molar-refractivity contribution in [2.45, 2.75) is 19.3 Å². The summed E-state index contributed by atoms with van der Waals surface area (Å²) in [5, 5.41) is 5.92. The number of anilines is 2. The molecule has 1 aliphatic rings. The standard InChI is InChI=1S/C33H25NO/c1-33(2)29-9-5-3-7-25(29)26-17-16-24(20-30(26)33)34-23-14-11-21(12-15-23)22-13-18-32-28(19-22)27-8-4-6-10-31(27)35-32/h3-20,34H,1-2H3. The van der Waals surface area contributed by atoms with Crippen molar-refractivity contribution in [2.75, 3.05) is 5.32 Å². The van der Waals surface area contributed by atoms with Crippen molar-refractivity contribution in [2.24, 2.45) is 0 Å². The Morgan fingerprint density at radius 3 is 2.11 bits per heavy atom. The lowest BCUT2D eigenvalue weighted by atomic mass is 9.82. The van der Waals surface area contributed by atoms with Crippen molar-refractivity contribution in [3.8, 4) is 22.3 Å². The van der Waals surface area contributed by atoms with Gasteiger partial charge >= 0.3 is 0 Å². The molecule has 2 nitrogen and oxygen atoms in total. The number of hydrogen-bond acceptors (Lipinski definition) is 2. The molecular weight excluding hydrogens is 426 g/mol. The highest BCUT2D eigenvalue weighted by Gasteiger charge is 2.35. The molecule has 1 N–H and O–H groups in total. The molecule has 1 aromatic heterocycles. The van der Waals surface area contributed by atoms with Crippen molar-refractivity contribution in [3.63, 3.8) is 0 Å². The van der Waals surface area contributed by atoms with Crippen LogP contribution in [0.5, 0.6) is 0 Å². The number of hydrogen-bond donors (Lipinski definition) is 1. The Hall–Kier alpha value is -4.30. The van der Waals surface area contributed by atoms with Gasteiger partial charge < -0.3 is 9.73 Å². The molecule has 35 heavy (non-hydrogen) atoms. The SMILES string of the molecule is CC1(C)c2ccccc2-c2ccc(Nc3ccc(-c4ccc5oc6ccccc6c5c4)cc3)cc21. The third-order valence-corrected chi connectivity index (χ3v) is 7.47. The summed E-state index contributed by atoms with van der Waals surface area (Å²) in [5.41, 5.74) is 11.9. The fourth-order valence-electron chi connectivity index (χ4n) is 5.60. The minimum Gasteiger partial charge on any atom is -0.456 e. The summed E-state index contributed by atoms with van der Waals surface area (Å²) in [6, 6.07) is 38.8. The van der Waals surface area contributed by atoms with Crippen LogP contribution in [-0.4, -0.2) is 0 Å². The molecule has 0 saturated carbocycles. The summed E-state index contributed by atoms with van der Waals surface area (Å²) in [6.45, 7) is 4.63. The number of nitrogens with one attached hydrogen (secondary N) is 1. The van der Waals surface area contributed by atoms with Gasteiger partial charge in [-0.25, -0.2) is 0 Å². The maximum absolute atomic E-state index is 5.99. The molecule has 5 aromatic carbocycles. The van der Waals surface area contributed by atoms with E-state index in [0.29, 0.717) is 0 Å². The number of benzene rings is 5. The highest BCUT2D eigenvalue weighted by molar-refractivity contribution is 6.06. The lowest BCUT2D eigenvalue weighted by molar-refractivity contribution is 0.660. The molecule has 0 atom stereocenters. The Balaban J connectivity index is 1.18. The van der Waals surface area contributed by atoms with Crippen molar-refractivity contribution in [1.82, 2.24) is 0 Å². The second kappa shape index (κ2) is 7.35. The summed E-state index contributed by atoms with van der Waals surface area (Å²) >= 11 is 0. The van der Waals surface area contributed by atoms with Gasteiger partial charge in [0.05, 0.1) is 0 Å². The second-order valence-electron chi connectivity index (χ2n) is 9.94. The first-order valence-electron chi connectivity index (χ1n) is 12.1. The van der Waals surface area contributed by atoms with Gasteiger partial charge in [-0.1, -0.05) is 80.6 Å². The van der Waals surface area contributed by atoms with E-state index in [2.05, 4.69) is 116 Å². The Morgan fingerprint density at radius 2 is 1.23 bits per heavy atom. The number of rotatable bonds is 3. The van der Waals surface area contributed by atoms with Crippen LogP contribution < -0.4 is 5.32 Å². The average Bonchev–Trinajstić information content (AvgIpc) is 3.37. The zero-order valence-electron chi connectivity index (χ0n) is 19.8. The smallest absolute Gasteiger partial charge is 0.135 e. The van der Waals surface area contributed by atoms with E-state index in [4.69, 9.17) is 4.42 Å². The maximum atomic E-state index is 5.99. The molecule has 0 spiro atoms. The van der Waals surface area contributed by atoms with Gasteiger partial charge in [0.1, 0.15) is 11.2 Å². The topological polar surface area (TPSA) is 25.2 Å². The van der Waals surface area contributed by atoms with E-state index in [0.717, 1.165) is 33.3 Å². The largest absolute Gasteiger partial charge is 0.456 e. The van der Waals surface area contributed by atoms with Gasteiger partial charge in [0.25, 0.3) is 0 Å². The molecule has 0 amide bonds. The van der Waals surface area contributed by atoms with Crippen LogP contribution in [0.1, 0.15) is 25.0 Å². The molecule has 6 aromatic rings. The van der Waals surface area contributed by atoms with E-state index in [1.54, 1.807) is 0 Å². The van der Waals surface area contributed by atoms with Gasteiger partial charge in [-0.15, -0.1) is 0 Å². The van der Waals surface area contributed by atoms with Crippen LogP contribution in [-0.2, 0) is 5.41 Å². The highest BCUT2D eigenvalue weighted by Crippen LogP contribution is 2.49. The molecule has 2 heteroatoms. The van der Waals surface area contributed by atoms with Gasteiger partial charge in [0.2, 0.25) is 0 Å². The van der Waals surface area contributed by atoms with Crippen LogP contribution in [0.3, 0.4) is 0 Å². The predicted molar refractivity (Wildman–Crippen MR) is 146 cm³/mol. The normalized spacial score (nSPS) is 13.7. The van der Waals surface area contributed by atoms with E-state index >= 15 is 0 Å². The summed E-state index contributed by atoms with van der Waals surface area (Å²) in [7, 11) is 0. The van der Waals surface area contributed by atoms with Crippen molar-refractivity contribution in [1.29, 1.82) is 0 Å². The van der Waals surface area contributed by atoms with E-state index in [1.807, 2.05) is 12.1 Å². The molecule has 1 heterocycles. The van der Waals surface area contributed by atoms with Crippen LogP contribution in [0, 0.1) is 0 Å². The Kier molecular flexibility index (Phi) is 4.22. The van der Waals surface area contributed by atoms with Crippen LogP contribution in [0.4, 0.5) is 11.4 Å². The lowest BCUT2D eigenvalue weighted by Gasteiger charge is -2.22. The second-order valence-corrected chi connectivity index (χ2v) is 9.94. The van der Waals surface area contributed by atoms with Crippen LogP contribution in [0.15, 0.2) is 114 Å². The molecule has 0 unspecified atom stereocenters. The molecule has 168 valence electrons. The third kappa shape index (κ3) is 3.10. The number of furan rings is 1. The first-order valence-corrected chi connectivity index (χ1v) is 12.1. The highest BCUT2D eigenvalue weighted by atomic mass is 16.3. The molecule has 7 rings (SSSR count). The van der Waals surface area contributed by atoms with Gasteiger partial charge in [0.15, 0.2) is 0 Å². The predicted octanol–water partition coefficient (Wildman–Crippen LogP) is 9.30. The summed E-state index contributed by atoms with van der Waals surface area (Å²) in [4.78, 5) is 0. The fraction of sp³-hybridized carbons (Fsp3) is 0.0909. The van der Waals surface area contributed by atoms with Gasteiger partial charge in [-0.3, -0.25) is 0 Å². The van der Waals surface area contributed by atoms with Crippen LogP contribution in [0.25, 0.3) is 44.2 Å². The molecule has 0 aliphatic heterocycles. The molecule has 1 aliphatic carbocycles. The van der Waals surface area contributed by atoms with Gasteiger partial charge in [-0.05, 0) is 75.8 Å². The van der Waals surface area contributed by atoms with E-state index in [-0.39, 0.29) is 5.41 Å². The monoisotopic (exact) mass is 451 g/mol. The first-order chi connectivity index (χ1) is 17.1. The lowest BCUT2D eigenvalue weighted by Crippen LogP contribution is -2.15. The van der Waals surface area contributed by atoms with Gasteiger partial charge in [0, 0.05) is 27.6 Å². The Morgan fingerprint density at radius 1 is 0.543 bits per heavy atom. The van der Waals surface area contributed by atoms with E-state index < -0.39 is 0 Å². The molecule has 0 bridgehead atoms. The van der Waals surface area contributed by atoms with Crippen molar-refractivity contribution >= 4 is 33.3 Å². The minimum absolute atomic E-state index is 0.00335. The molecule has 0 saturated heterocycles. The van der Waals surface area contributed by atoms with E-state index in [1.165, 1.54) is 33.4 Å². The zero-order chi connectivity index (χ0) is 23.6.